The van der Waals surface area contributed by atoms with Gasteiger partial charge >= 0.3 is 5.97 Å². The molecule has 2 bridgehead atoms. The zero-order valence-electron chi connectivity index (χ0n) is 22.3. The number of rotatable bonds is 9. The highest BCUT2D eigenvalue weighted by Crippen LogP contribution is 2.67. The molecule has 1 N–H and O–H groups in total. The number of hydrogen-bond acceptors (Lipinski definition) is 6. The standard InChI is InChI=1S/C28H47NO4S/c1-8-26(6)17-22(33-23(31)18-34-16-15-29(9-2)10-3)27(7)19(4)11-13-28(20(5)25(26)32)14-12-21(30)24(27)28/h8,19-20,22,24-25,32H,1,9-18H2,2-7H3/t19-,20-,22+,24-,25-,26+,27-,28+/m0/s1. The van der Waals surface area contributed by atoms with Gasteiger partial charge in [0.05, 0.1) is 11.9 Å². The van der Waals surface area contributed by atoms with Crippen LogP contribution < -0.4 is 0 Å². The zero-order valence-corrected chi connectivity index (χ0v) is 23.1. The fraction of sp³-hybridized carbons (Fsp3) is 0.857. The van der Waals surface area contributed by atoms with E-state index in [4.69, 9.17) is 4.74 Å². The van der Waals surface area contributed by atoms with Crippen LogP contribution >= 0.6 is 11.8 Å². The molecule has 6 heteroatoms. The summed E-state index contributed by atoms with van der Waals surface area (Å²) < 4.78 is 6.30. The molecular formula is C28H47NO4S. The van der Waals surface area contributed by atoms with Gasteiger partial charge in [-0.3, -0.25) is 9.59 Å². The molecule has 0 heterocycles. The number of thioether (sulfide) groups is 1. The highest BCUT2D eigenvalue weighted by atomic mass is 32.2. The first kappa shape index (κ1) is 27.7. The monoisotopic (exact) mass is 493 g/mol. The van der Waals surface area contributed by atoms with Crippen LogP contribution in [0.15, 0.2) is 12.7 Å². The number of nitrogens with zero attached hydrogens (tertiary/aromatic N) is 1. The fourth-order valence-electron chi connectivity index (χ4n) is 7.58. The average molecular weight is 494 g/mol. The van der Waals surface area contributed by atoms with Crippen molar-refractivity contribution in [2.24, 2.45) is 34.0 Å². The van der Waals surface area contributed by atoms with Crippen LogP contribution in [0.2, 0.25) is 0 Å². The van der Waals surface area contributed by atoms with Gasteiger partial charge in [-0.1, -0.05) is 47.6 Å². The summed E-state index contributed by atoms with van der Waals surface area (Å²) in [6.07, 6.45) is 4.64. The van der Waals surface area contributed by atoms with Crippen molar-refractivity contribution >= 4 is 23.5 Å². The average Bonchev–Trinajstić information content (AvgIpc) is 3.17. The van der Waals surface area contributed by atoms with Crippen molar-refractivity contribution in [3.05, 3.63) is 12.7 Å². The van der Waals surface area contributed by atoms with Gasteiger partial charge < -0.3 is 14.7 Å². The Morgan fingerprint density at radius 2 is 1.94 bits per heavy atom. The van der Waals surface area contributed by atoms with Crippen LogP contribution in [0.4, 0.5) is 0 Å². The molecule has 3 aliphatic carbocycles. The number of carbonyl (C=O) groups excluding carboxylic acids is 2. The van der Waals surface area contributed by atoms with Gasteiger partial charge in [-0.2, -0.15) is 0 Å². The number of carbonyl (C=O) groups is 2. The van der Waals surface area contributed by atoms with Crippen molar-refractivity contribution < 1.29 is 19.4 Å². The van der Waals surface area contributed by atoms with E-state index in [0.29, 0.717) is 24.4 Å². The van der Waals surface area contributed by atoms with Gasteiger partial charge in [0, 0.05) is 35.5 Å². The summed E-state index contributed by atoms with van der Waals surface area (Å²) >= 11 is 1.61. The normalized spacial score (nSPS) is 42.1. The Kier molecular flexibility index (Phi) is 8.68. The number of hydrogen-bond donors (Lipinski definition) is 1. The maximum atomic E-state index is 13.4. The maximum absolute atomic E-state index is 13.4. The lowest BCUT2D eigenvalue weighted by atomic mass is 9.44. The molecule has 0 unspecified atom stereocenters. The summed E-state index contributed by atoms with van der Waals surface area (Å²) in [4.78, 5) is 28.9. The minimum atomic E-state index is -0.624. The number of Topliss-reactive ketones (excluding diaryl/α,β-unsaturated/α-hetero) is 1. The second-order valence-corrected chi connectivity index (χ2v) is 12.7. The quantitative estimate of drug-likeness (QED) is 0.278. The molecule has 0 spiro atoms. The number of aliphatic hydroxyl groups is 1. The Morgan fingerprint density at radius 1 is 1.26 bits per heavy atom. The van der Waals surface area contributed by atoms with Gasteiger partial charge in [-0.25, -0.2) is 0 Å². The van der Waals surface area contributed by atoms with Crippen LogP contribution in [-0.2, 0) is 14.3 Å². The minimum Gasteiger partial charge on any atom is -0.461 e. The van der Waals surface area contributed by atoms with E-state index in [1.807, 2.05) is 13.0 Å². The highest BCUT2D eigenvalue weighted by Gasteiger charge is 2.68. The van der Waals surface area contributed by atoms with Crippen molar-refractivity contribution in [1.82, 2.24) is 4.90 Å². The summed E-state index contributed by atoms with van der Waals surface area (Å²) in [7, 11) is 0. The Balaban J connectivity index is 1.88. The molecule has 8 atom stereocenters. The van der Waals surface area contributed by atoms with Crippen molar-refractivity contribution in [2.45, 2.75) is 85.9 Å². The van der Waals surface area contributed by atoms with E-state index in [-0.39, 0.29) is 29.1 Å². The van der Waals surface area contributed by atoms with E-state index in [0.717, 1.165) is 44.6 Å². The number of ketones is 1. The van der Waals surface area contributed by atoms with Crippen molar-refractivity contribution in [1.29, 1.82) is 0 Å². The highest BCUT2D eigenvalue weighted by molar-refractivity contribution is 7.99. The first-order chi connectivity index (χ1) is 16.0. The Morgan fingerprint density at radius 3 is 2.56 bits per heavy atom. The molecule has 0 amide bonds. The predicted molar refractivity (Wildman–Crippen MR) is 140 cm³/mol. The molecule has 0 aromatic rings. The summed E-state index contributed by atoms with van der Waals surface area (Å²) in [6, 6.07) is 0. The van der Waals surface area contributed by atoms with E-state index in [1.165, 1.54) is 0 Å². The molecule has 0 aromatic carbocycles. The van der Waals surface area contributed by atoms with E-state index in [1.54, 1.807) is 11.8 Å². The molecule has 3 rings (SSSR count). The maximum Gasteiger partial charge on any atom is 0.316 e. The van der Waals surface area contributed by atoms with Gasteiger partial charge in [0.2, 0.25) is 0 Å². The van der Waals surface area contributed by atoms with E-state index >= 15 is 0 Å². The third kappa shape index (κ3) is 4.64. The fourth-order valence-corrected chi connectivity index (χ4v) is 8.35. The van der Waals surface area contributed by atoms with Gasteiger partial charge in [0.25, 0.3) is 0 Å². The third-order valence-electron chi connectivity index (χ3n) is 10.2. The molecule has 3 saturated carbocycles. The van der Waals surface area contributed by atoms with Gasteiger partial charge in [-0.05, 0) is 56.0 Å². The van der Waals surface area contributed by atoms with Gasteiger partial charge in [-0.15, -0.1) is 18.3 Å². The molecule has 5 nitrogen and oxygen atoms in total. The first-order valence-electron chi connectivity index (χ1n) is 13.3. The second kappa shape index (κ2) is 10.6. The van der Waals surface area contributed by atoms with Crippen molar-refractivity contribution in [3.63, 3.8) is 0 Å². The van der Waals surface area contributed by atoms with Crippen LogP contribution in [0, 0.1) is 34.0 Å². The second-order valence-electron chi connectivity index (χ2n) is 11.6. The smallest absolute Gasteiger partial charge is 0.316 e. The molecule has 3 fully saturated rings. The lowest BCUT2D eigenvalue weighted by molar-refractivity contribution is -0.205. The lowest BCUT2D eigenvalue weighted by Gasteiger charge is -2.61. The van der Waals surface area contributed by atoms with Crippen molar-refractivity contribution in [3.8, 4) is 0 Å². The van der Waals surface area contributed by atoms with Crippen LogP contribution in [0.3, 0.4) is 0 Å². The lowest BCUT2D eigenvalue weighted by Crippen LogP contribution is -2.63. The van der Waals surface area contributed by atoms with Crippen LogP contribution in [-0.4, -0.2) is 65.1 Å². The van der Waals surface area contributed by atoms with Crippen LogP contribution in [0.25, 0.3) is 0 Å². The number of esters is 1. The SMILES string of the molecule is C=C[C@]1(C)C[C@@H](OC(=O)CSCCN(CC)CC)[C@@]2(C)[C@@H]3C(=O)CC[C@]3(CC[C@@H]2C)[C@@H](C)[C@@H]1O. The molecule has 0 saturated heterocycles. The topological polar surface area (TPSA) is 66.8 Å². The molecule has 34 heavy (non-hydrogen) atoms. The molecule has 0 aromatic heterocycles. The van der Waals surface area contributed by atoms with E-state index in [2.05, 4.69) is 46.1 Å². The number of aliphatic hydroxyl groups excluding tert-OH is 1. The van der Waals surface area contributed by atoms with Crippen LogP contribution in [0.5, 0.6) is 0 Å². The Labute approximate surface area is 211 Å². The third-order valence-corrected chi connectivity index (χ3v) is 11.2. The van der Waals surface area contributed by atoms with Crippen molar-refractivity contribution in [2.75, 3.05) is 31.1 Å². The Hall–Kier alpha value is -0.850. The molecular weight excluding hydrogens is 446 g/mol. The Bertz CT molecular complexity index is 770. The summed E-state index contributed by atoms with van der Waals surface area (Å²) in [5, 5.41) is 11.6. The zero-order chi connectivity index (χ0) is 25.3. The molecule has 3 aliphatic rings. The first-order valence-corrected chi connectivity index (χ1v) is 14.5. The molecule has 194 valence electrons. The largest absolute Gasteiger partial charge is 0.461 e. The number of ether oxygens (including phenoxy) is 1. The summed E-state index contributed by atoms with van der Waals surface area (Å²) in [6.45, 7) is 20.0. The molecule has 0 aliphatic heterocycles. The van der Waals surface area contributed by atoms with Crippen LogP contribution in [0.1, 0.15) is 73.6 Å². The van der Waals surface area contributed by atoms with Gasteiger partial charge in [0.1, 0.15) is 11.9 Å². The van der Waals surface area contributed by atoms with E-state index in [9.17, 15) is 14.7 Å². The summed E-state index contributed by atoms with van der Waals surface area (Å²) in [5.41, 5.74) is -1.25. The minimum absolute atomic E-state index is 0.00828. The van der Waals surface area contributed by atoms with E-state index < -0.39 is 23.0 Å². The summed E-state index contributed by atoms with van der Waals surface area (Å²) in [5.74, 6) is 1.37. The molecule has 0 radical (unpaired) electrons. The predicted octanol–water partition coefficient (Wildman–Crippen LogP) is 4.97. The van der Waals surface area contributed by atoms with Gasteiger partial charge in [0.15, 0.2) is 0 Å².